The number of aryl methyl sites for hydroxylation is 1. The van der Waals surface area contributed by atoms with Crippen LogP contribution in [0, 0.1) is 0 Å². The minimum absolute atomic E-state index is 0.796. The van der Waals surface area contributed by atoms with Crippen LogP contribution in [0.2, 0.25) is 0 Å². The van der Waals surface area contributed by atoms with Gasteiger partial charge in [0, 0.05) is 76.0 Å². The highest BCUT2D eigenvalue weighted by atomic mass is 15.3. The first-order chi connectivity index (χ1) is 10.3. The van der Waals surface area contributed by atoms with Gasteiger partial charge >= 0.3 is 0 Å². The number of benzene rings is 1. The highest BCUT2D eigenvalue weighted by Crippen LogP contribution is 2.22. The van der Waals surface area contributed by atoms with Gasteiger partial charge in [0.2, 0.25) is 0 Å². The summed E-state index contributed by atoms with van der Waals surface area (Å²) in [5.41, 5.74) is 2.80. The molecule has 4 heteroatoms. The van der Waals surface area contributed by atoms with Crippen LogP contribution in [0.3, 0.4) is 0 Å². The van der Waals surface area contributed by atoms with Gasteiger partial charge in [-0.2, -0.15) is 0 Å². The lowest BCUT2D eigenvalue weighted by Gasteiger charge is -2.43. The van der Waals surface area contributed by atoms with E-state index in [4.69, 9.17) is 0 Å². The molecule has 0 bridgehead atoms. The molecule has 0 aliphatic carbocycles. The van der Waals surface area contributed by atoms with Crippen molar-refractivity contribution in [1.29, 1.82) is 0 Å². The van der Waals surface area contributed by atoms with Gasteiger partial charge in [-0.1, -0.05) is 18.2 Å². The molecule has 2 aromatic rings. The molecule has 21 heavy (non-hydrogen) atoms. The first kappa shape index (κ1) is 13.3. The molecule has 3 heterocycles. The Bertz CT molecular complexity index is 621. The number of hydrogen-bond donors (Lipinski definition) is 1. The van der Waals surface area contributed by atoms with Crippen molar-refractivity contribution in [2.24, 2.45) is 7.05 Å². The number of para-hydroxylation sites is 1. The van der Waals surface area contributed by atoms with Crippen LogP contribution in [-0.4, -0.2) is 59.7 Å². The van der Waals surface area contributed by atoms with Crippen molar-refractivity contribution in [2.75, 3.05) is 39.3 Å². The number of piperazine rings is 1. The molecule has 112 valence electrons. The third-order valence-electron chi connectivity index (χ3n) is 5.06. The van der Waals surface area contributed by atoms with Gasteiger partial charge in [-0.25, -0.2) is 0 Å². The molecule has 1 aromatic heterocycles. The lowest BCUT2D eigenvalue weighted by molar-refractivity contribution is 0.0697. The van der Waals surface area contributed by atoms with Gasteiger partial charge in [-0.05, 0) is 11.6 Å². The predicted molar refractivity (Wildman–Crippen MR) is 86.4 cm³/mol. The molecule has 1 N–H and O–H groups in total. The van der Waals surface area contributed by atoms with E-state index in [9.17, 15) is 0 Å². The topological polar surface area (TPSA) is 23.4 Å². The Balaban J connectivity index is 1.44. The minimum Gasteiger partial charge on any atom is -0.350 e. The molecule has 2 saturated heterocycles. The largest absolute Gasteiger partial charge is 0.350 e. The smallest absolute Gasteiger partial charge is 0.0481 e. The molecule has 2 fully saturated rings. The summed E-state index contributed by atoms with van der Waals surface area (Å²) in [6, 6.07) is 9.52. The Kier molecular flexibility index (Phi) is 3.45. The lowest BCUT2D eigenvalue weighted by Crippen LogP contribution is -2.61. The number of hydrogen-bond acceptors (Lipinski definition) is 3. The Morgan fingerprint density at radius 2 is 1.86 bits per heavy atom. The quantitative estimate of drug-likeness (QED) is 0.918. The maximum absolute atomic E-state index is 3.37. The van der Waals surface area contributed by atoms with Crippen molar-refractivity contribution in [3.8, 4) is 0 Å². The average molecular weight is 284 g/mol. The first-order valence-corrected chi connectivity index (χ1v) is 8.01. The normalized spacial score (nSPS) is 21.8. The van der Waals surface area contributed by atoms with E-state index >= 15 is 0 Å². The van der Waals surface area contributed by atoms with Gasteiger partial charge in [-0.15, -0.1) is 0 Å². The van der Waals surface area contributed by atoms with Gasteiger partial charge < -0.3 is 9.88 Å². The fourth-order valence-electron chi connectivity index (χ4n) is 3.61. The Morgan fingerprint density at radius 1 is 1.10 bits per heavy atom. The van der Waals surface area contributed by atoms with Crippen LogP contribution in [0.4, 0.5) is 0 Å². The van der Waals surface area contributed by atoms with E-state index in [1.54, 1.807) is 0 Å². The molecule has 0 amide bonds. The van der Waals surface area contributed by atoms with E-state index in [-0.39, 0.29) is 0 Å². The standard InChI is InChI=1S/C17H24N4/c1-19-12-14(16-4-2-3-5-17(16)19)13-20-6-8-21(9-7-20)15-10-18-11-15/h2-5,12,15,18H,6-11,13H2,1H3. The Morgan fingerprint density at radius 3 is 2.57 bits per heavy atom. The zero-order valence-electron chi connectivity index (χ0n) is 12.8. The fraction of sp³-hybridized carbons (Fsp3) is 0.529. The van der Waals surface area contributed by atoms with Gasteiger partial charge in [-0.3, -0.25) is 9.80 Å². The highest BCUT2D eigenvalue weighted by Gasteiger charge is 2.27. The average Bonchev–Trinajstić information content (AvgIpc) is 2.76. The summed E-state index contributed by atoms with van der Waals surface area (Å²) in [4.78, 5) is 5.25. The molecule has 0 spiro atoms. The van der Waals surface area contributed by atoms with Crippen LogP contribution in [0.15, 0.2) is 30.5 Å². The van der Waals surface area contributed by atoms with Crippen LogP contribution in [0.1, 0.15) is 5.56 Å². The molecule has 2 aliphatic rings. The van der Waals surface area contributed by atoms with E-state index in [1.165, 1.54) is 55.7 Å². The molecule has 4 rings (SSSR count). The van der Waals surface area contributed by atoms with E-state index in [2.05, 4.69) is 57.2 Å². The molecule has 0 radical (unpaired) electrons. The summed E-state index contributed by atoms with van der Waals surface area (Å²) >= 11 is 0. The predicted octanol–water partition coefficient (Wildman–Crippen LogP) is 1.27. The van der Waals surface area contributed by atoms with E-state index in [0.29, 0.717) is 0 Å². The number of fused-ring (bicyclic) bond motifs is 1. The van der Waals surface area contributed by atoms with Crippen LogP contribution < -0.4 is 5.32 Å². The monoisotopic (exact) mass is 284 g/mol. The second-order valence-corrected chi connectivity index (χ2v) is 6.41. The minimum atomic E-state index is 0.796. The zero-order valence-corrected chi connectivity index (χ0v) is 12.8. The van der Waals surface area contributed by atoms with Gasteiger partial charge in [0.1, 0.15) is 0 Å². The number of rotatable bonds is 3. The van der Waals surface area contributed by atoms with Crippen molar-refractivity contribution in [2.45, 2.75) is 12.6 Å². The summed E-state index contributed by atoms with van der Waals surface area (Å²) in [5, 5.41) is 4.78. The Labute approximate surface area is 126 Å². The van der Waals surface area contributed by atoms with Crippen molar-refractivity contribution >= 4 is 10.9 Å². The third-order valence-corrected chi connectivity index (χ3v) is 5.06. The van der Waals surface area contributed by atoms with Crippen LogP contribution in [0.5, 0.6) is 0 Å². The van der Waals surface area contributed by atoms with E-state index < -0.39 is 0 Å². The first-order valence-electron chi connectivity index (χ1n) is 8.01. The summed E-state index contributed by atoms with van der Waals surface area (Å²) < 4.78 is 2.25. The van der Waals surface area contributed by atoms with Crippen molar-refractivity contribution < 1.29 is 0 Å². The maximum atomic E-state index is 3.37. The molecule has 0 saturated carbocycles. The summed E-state index contributed by atoms with van der Waals surface area (Å²) in [6.07, 6.45) is 2.30. The van der Waals surface area contributed by atoms with E-state index in [0.717, 1.165) is 12.6 Å². The summed E-state index contributed by atoms with van der Waals surface area (Å²) in [5.74, 6) is 0. The van der Waals surface area contributed by atoms with E-state index in [1.807, 2.05) is 0 Å². The lowest BCUT2D eigenvalue weighted by atomic mass is 10.1. The highest BCUT2D eigenvalue weighted by molar-refractivity contribution is 5.83. The fourth-order valence-corrected chi connectivity index (χ4v) is 3.61. The summed E-state index contributed by atoms with van der Waals surface area (Å²) in [6.45, 7) is 8.28. The molecule has 4 nitrogen and oxygen atoms in total. The number of aromatic nitrogens is 1. The molecular weight excluding hydrogens is 260 g/mol. The molecule has 0 unspecified atom stereocenters. The molecular formula is C17H24N4. The SMILES string of the molecule is Cn1cc(CN2CCN(C3CNC3)CC2)c2ccccc21. The van der Waals surface area contributed by atoms with Crippen molar-refractivity contribution in [1.82, 2.24) is 19.7 Å². The second-order valence-electron chi connectivity index (χ2n) is 6.41. The summed E-state index contributed by atoms with van der Waals surface area (Å²) in [7, 11) is 2.15. The molecule has 0 atom stereocenters. The van der Waals surface area contributed by atoms with Crippen LogP contribution in [0.25, 0.3) is 10.9 Å². The van der Waals surface area contributed by atoms with Crippen molar-refractivity contribution in [3.05, 3.63) is 36.0 Å². The van der Waals surface area contributed by atoms with Gasteiger partial charge in [0.25, 0.3) is 0 Å². The number of nitrogens with zero attached hydrogens (tertiary/aromatic N) is 3. The molecule has 1 aromatic carbocycles. The number of nitrogens with one attached hydrogen (secondary N) is 1. The maximum Gasteiger partial charge on any atom is 0.0481 e. The Hall–Kier alpha value is -1.36. The van der Waals surface area contributed by atoms with Gasteiger partial charge in [0.05, 0.1) is 0 Å². The second kappa shape index (κ2) is 5.44. The van der Waals surface area contributed by atoms with Crippen molar-refractivity contribution in [3.63, 3.8) is 0 Å². The van der Waals surface area contributed by atoms with Gasteiger partial charge in [0.15, 0.2) is 0 Å². The van der Waals surface area contributed by atoms with Crippen LogP contribution in [-0.2, 0) is 13.6 Å². The van der Waals surface area contributed by atoms with Crippen LogP contribution >= 0.6 is 0 Å². The molecule has 2 aliphatic heterocycles. The zero-order chi connectivity index (χ0) is 14.2. The third kappa shape index (κ3) is 2.48.